The van der Waals surface area contributed by atoms with E-state index < -0.39 is 17.0 Å². The molecule has 98 valence electrons. The molecule has 0 saturated heterocycles. The van der Waals surface area contributed by atoms with E-state index in [2.05, 4.69) is 0 Å². The molecule has 0 heterocycles. The molecule has 5 nitrogen and oxygen atoms in total. The van der Waals surface area contributed by atoms with Crippen LogP contribution in [0, 0.1) is 0 Å². The molecule has 0 bridgehead atoms. The van der Waals surface area contributed by atoms with Crippen LogP contribution in [0.2, 0.25) is 0 Å². The van der Waals surface area contributed by atoms with E-state index in [1.165, 1.54) is 24.3 Å². The van der Waals surface area contributed by atoms with Gasteiger partial charge in [0.15, 0.2) is 11.1 Å². The molecule has 0 aromatic heterocycles. The fourth-order valence-corrected chi connectivity index (χ4v) is 2.01. The maximum absolute atomic E-state index is 11.1. The first-order valence-corrected chi connectivity index (χ1v) is 6.40. The summed E-state index contributed by atoms with van der Waals surface area (Å²) in [4.78, 5) is 11.1. The van der Waals surface area contributed by atoms with Crippen molar-refractivity contribution < 1.29 is 23.4 Å². The number of carboxylic acid groups (broad SMARTS) is 1. The Hall–Kier alpha value is -2.18. The van der Waals surface area contributed by atoms with Crippen molar-refractivity contribution in [2.45, 2.75) is 4.90 Å². The van der Waals surface area contributed by atoms with Crippen LogP contribution in [0.25, 0.3) is 0 Å². The van der Waals surface area contributed by atoms with E-state index in [0.29, 0.717) is 0 Å². The Morgan fingerprint density at radius 1 is 1.00 bits per heavy atom. The third kappa shape index (κ3) is 2.98. The monoisotopic (exact) mass is 278 g/mol. The van der Waals surface area contributed by atoms with Crippen LogP contribution < -0.4 is 4.74 Å². The predicted octanol–water partition coefficient (Wildman–Crippen LogP) is 2.76. The molecule has 0 fully saturated rings. The molecule has 0 amide bonds. The number of carboxylic acids is 1. The maximum atomic E-state index is 11.1. The average Bonchev–Trinajstić information content (AvgIpc) is 2.39. The van der Waals surface area contributed by atoms with Crippen molar-refractivity contribution in [3.8, 4) is 11.5 Å². The summed E-state index contributed by atoms with van der Waals surface area (Å²) in [6.07, 6.45) is 0. The number of carbonyl (C=O) groups is 1. The average molecular weight is 278 g/mol. The summed E-state index contributed by atoms with van der Waals surface area (Å²) in [7, 11) is 0. The lowest BCUT2D eigenvalue weighted by molar-refractivity contribution is 0.0694. The molecule has 6 heteroatoms. The van der Waals surface area contributed by atoms with Crippen molar-refractivity contribution in [3.05, 3.63) is 54.1 Å². The maximum Gasteiger partial charge on any atom is 0.339 e. The minimum atomic E-state index is -2.20. The van der Waals surface area contributed by atoms with Crippen LogP contribution >= 0.6 is 0 Å². The summed E-state index contributed by atoms with van der Waals surface area (Å²) in [6.45, 7) is 0. The van der Waals surface area contributed by atoms with Gasteiger partial charge in [-0.25, -0.2) is 9.00 Å². The summed E-state index contributed by atoms with van der Waals surface area (Å²) >= 11 is -2.20. The Bertz CT molecular complexity index is 583. The SMILES string of the molecule is O=C(O)c1ccccc1Oc1ccccc1S(=O)O. The summed E-state index contributed by atoms with van der Waals surface area (Å²) in [5, 5.41) is 9.03. The molecule has 0 spiro atoms. The second-order valence-electron chi connectivity index (χ2n) is 3.60. The van der Waals surface area contributed by atoms with Crippen molar-refractivity contribution in [3.63, 3.8) is 0 Å². The fourth-order valence-electron chi connectivity index (χ4n) is 1.53. The van der Waals surface area contributed by atoms with Crippen LogP contribution in [-0.4, -0.2) is 19.8 Å². The van der Waals surface area contributed by atoms with E-state index in [1.807, 2.05) is 0 Å². The normalized spacial score (nSPS) is 11.8. The van der Waals surface area contributed by atoms with Gasteiger partial charge in [-0.05, 0) is 24.3 Å². The molecular formula is C13H10O5S. The van der Waals surface area contributed by atoms with Crippen molar-refractivity contribution in [2.24, 2.45) is 0 Å². The molecular weight excluding hydrogens is 268 g/mol. The van der Waals surface area contributed by atoms with Crippen molar-refractivity contribution in [1.29, 1.82) is 0 Å². The van der Waals surface area contributed by atoms with Gasteiger partial charge in [0.25, 0.3) is 0 Å². The standard InChI is InChI=1S/C13H10O5S/c14-13(15)9-5-1-2-6-10(9)18-11-7-3-4-8-12(11)19(16)17/h1-8H,(H,14,15)(H,16,17). The topological polar surface area (TPSA) is 83.8 Å². The Balaban J connectivity index is 2.42. The molecule has 0 aliphatic carbocycles. The second-order valence-corrected chi connectivity index (χ2v) is 4.54. The molecule has 19 heavy (non-hydrogen) atoms. The van der Waals surface area contributed by atoms with Crippen LogP contribution in [0.15, 0.2) is 53.4 Å². The van der Waals surface area contributed by atoms with E-state index in [9.17, 15) is 9.00 Å². The Morgan fingerprint density at radius 2 is 1.58 bits per heavy atom. The van der Waals surface area contributed by atoms with E-state index in [-0.39, 0.29) is 22.0 Å². The van der Waals surface area contributed by atoms with Crippen molar-refractivity contribution in [1.82, 2.24) is 0 Å². The zero-order valence-corrected chi connectivity index (χ0v) is 10.5. The number of para-hydroxylation sites is 2. The Kier molecular flexibility index (Phi) is 3.94. The fraction of sp³-hybridized carbons (Fsp3) is 0. The van der Waals surface area contributed by atoms with Crippen LogP contribution in [0.5, 0.6) is 11.5 Å². The highest BCUT2D eigenvalue weighted by molar-refractivity contribution is 7.79. The van der Waals surface area contributed by atoms with E-state index in [4.69, 9.17) is 14.4 Å². The number of hydrogen-bond acceptors (Lipinski definition) is 3. The van der Waals surface area contributed by atoms with Gasteiger partial charge >= 0.3 is 5.97 Å². The first-order chi connectivity index (χ1) is 9.09. The zero-order valence-electron chi connectivity index (χ0n) is 9.65. The van der Waals surface area contributed by atoms with Crippen molar-refractivity contribution in [2.75, 3.05) is 0 Å². The van der Waals surface area contributed by atoms with Gasteiger partial charge in [0.1, 0.15) is 22.0 Å². The minimum Gasteiger partial charge on any atom is -0.478 e. The number of benzene rings is 2. The highest BCUT2D eigenvalue weighted by atomic mass is 32.2. The van der Waals surface area contributed by atoms with Crippen molar-refractivity contribution >= 4 is 17.0 Å². The molecule has 0 radical (unpaired) electrons. The van der Waals surface area contributed by atoms with Crippen LogP contribution in [-0.2, 0) is 11.1 Å². The third-order valence-electron chi connectivity index (χ3n) is 2.37. The number of hydrogen-bond donors (Lipinski definition) is 2. The quantitative estimate of drug-likeness (QED) is 0.840. The first kappa shape index (κ1) is 13.3. The highest BCUT2D eigenvalue weighted by Gasteiger charge is 2.14. The van der Waals surface area contributed by atoms with Gasteiger partial charge in [-0.1, -0.05) is 24.3 Å². The lowest BCUT2D eigenvalue weighted by Crippen LogP contribution is -2.01. The summed E-state index contributed by atoms with van der Waals surface area (Å²) in [5.74, 6) is -0.858. The highest BCUT2D eigenvalue weighted by Crippen LogP contribution is 2.29. The van der Waals surface area contributed by atoms with Gasteiger partial charge in [0, 0.05) is 0 Å². The summed E-state index contributed by atoms with van der Waals surface area (Å²) in [5.41, 5.74) is -0.0129. The second kappa shape index (κ2) is 5.64. The van der Waals surface area contributed by atoms with Gasteiger partial charge in [-0.3, -0.25) is 0 Å². The van der Waals surface area contributed by atoms with Crippen LogP contribution in [0.4, 0.5) is 0 Å². The molecule has 2 rings (SSSR count). The first-order valence-electron chi connectivity index (χ1n) is 5.29. The van der Waals surface area contributed by atoms with E-state index >= 15 is 0 Å². The van der Waals surface area contributed by atoms with E-state index in [1.54, 1.807) is 24.3 Å². The number of rotatable bonds is 4. The molecule has 2 aromatic rings. The van der Waals surface area contributed by atoms with Crippen LogP contribution in [0.3, 0.4) is 0 Å². The lowest BCUT2D eigenvalue weighted by atomic mass is 10.2. The minimum absolute atomic E-state index is 0.0129. The molecule has 0 aliphatic heterocycles. The van der Waals surface area contributed by atoms with Crippen LogP contribution in [0.1, 0.15) is 10.4 Å². The number of aromatic carboxylic acids is 1. The van der Waals surface area contributed by atoms with E-state index in [0.717, 1.165) is 0 Å². The van der Waals surface area contributed by atoms with Gasteiger partial charge in [0.05, 0.1) is 0 Å². The third-order valence-corrected chi connectivity index (χ3v) is 3.09. The Labute approximate surface area is 111 Å². The van der Waals surface area contributed by atoms with Gasteiger partial charge < -0.3 is 14.4 Å². The number of ether oxygens (including phenoxy) is 1. The van der Waals surface area contributed by atoms with Gasteiger partial charge in [-0.15, -0.1) is 0 Å². The molecule has 0 aliphatic rings. The Morgan fingerprint density at radius 3 is 2.21 bits per heavy atom. The zero-order chi connectivity index (χ0) is 13.8. The summed E-state index contributed by atoms with van der Waals surface area (Å²) in [6, 6.07) is 12.3. The van der Waals surface area contributed by atoms with Gasteiger partial charge in [0.2, 0.25) is 0 Å². The molecule has 0 saturated carbocycles. The predicted molar refractivity (Wildman–Crippen MR) is 69.0 cm³/mol. The van der Waals surface area contributed by atoms with Gasteiger partial charge in [-0.2, -0.15) is 0 Å². The molecule has 1 atom stereocenters. The largest absolute Gasteiger partial charge is 0.478 e. The molecule has 2 N–H and O–H groups in total. The lowest BCUT2D eigenvalue weighted by Gasteiger charge is -2.10. The molecule has 2 aromatic carbocycles. The molecule has 1 unspecified atom stereocenters. The smallest absolute Gasteiger partial charge is 0.339 e. The summed E-state index contributed by atoms with van der Waals surface area (Å²) < 4.78 is 25.7.